The van der Waals surface area contributed by atoms with E-state index in [4.69, 9.17) is 28.4 Å². The zero-order valence-electron chi connectivity index (χ0n) is 60.7. The molecule has 3 aliphatic rings. The maximum absolute atomic E-state index is 13.5. The summed E-state index contributed by atoms with van der Waals surface area (Å²) in [5.74, 6) is -6.13. The molecule has 18 unspecified atom stereocenters. The molecule has 0 aromatic rings. The van der Waals surface area contributed by atoms with E-state index in [1.54, 1.807) is 6.08 Å². The lowest BCUT2D eigenvalue weighted by Gasteiger charge is -2.50. The number of hydrogen-bond acceptors (Lipinski definition) is 20. The number of carboxylic acid groups (broad SMARTS) is 1. The number of allylic oxidation sites excluding steroid dienone is 1. The molecule has 3 heterocycles. The van der Waals surface area contributed by atoms with Gasteiger partial charge in [0.15, 0.2) is 12.6 Å². The molecule has 3 aliphatic heterocycles. The molecule has 3 fully saturated rings. The number of amides is 2. The lowest BCUT2D eigenvalue weighted by atomic mass is 9.88. The van der Waals surface area contributed by atoms with E-state index in [1.807, 2.05) is 6.08 Å². The van der Waals surface area contributed by atoms with Crippen LogP contribution in [-0.4, -0.2) is 215 Å². The highest BCUT2D eigenvalue weighted by molar-refractivity contribution is 5.77. The van der Waals surface area contributed by atoms with Crippen molar-refractivity contribution >= 4 is 17.8 Å². The molecule has 0 radical (unpaired) electrons. The maximum atomic E-state index is 13.5. The fourth-order valence-electron chi connectivity index (χ4n) is 13.8. The summed E-state index contributed by atoms with van der Waals surface area (Å²) in [7, 11) is 0. The number of carbonyl (C=O) groups is 3. The first-order chi connectivity index (χ1) is 47.4. The van der Waals surface area contributed by atoms with Gasteiger partial charge < -0.3 is 100 Å². The molecule has 0 bridgehead atoms. The van der Waals surface area contributed by atoms with Crippen LogP contribution in [0.15, 0.2) is 12.2 Å². The van der Waals surface area contributed by atoms with E-state index in [1.165, 1.54) is 218 Å². The fourth-order valence-corrected chi connectivity index (χ4v) is 13.8. The van der Waals surface area contributed by atoms with Crippen molar-refractivity contribution in [2.45, 2.75) is 420 Å². The third kappa shape index (κ3) is 35.8. The van der Waals surface area contributed by atoms with Gasteiger partial charge in [0.25, 0.3) is 5.79 Å². The number of ether oxygens (including phenoxy) is 6. The van der Waals surface area contributed by atoms with Gasteiger partial charge >= 0.3 is 5.97 Å². The predicted molar refractivity (Wildman–Crippen MR) is 375 cm³/mol. The van der Waals surface area contributed by atoms with Crippen molar-refractivity contribution < 1.29 is 104 Å². The molecule has 14 N–H and O–H groups in total. The summed E-state index contributed by atoms with van der Waals surface area (Å²) >= 11 is 0. The second-order valence-corrected chi connectivity index (χ2v) is 28.6. The Morgan fingerprint density at radius 3 is 1.36 bits per heavy atom. The summed E-state index contributed by atoms with van der Waals surface area (Å²) in [6.07, 6.45) is 28.2. The van der Waals surface area contributed by atoms with Crippen molar-refractivity contribution in [3.63, 3.8) is 0 Å². The molecule has 3 rings (SSSR count). The SMILES string of the molecule is CCCCCCCCCCCCCCCCCC/C=C/C(O)C(COC1OC(CO)C(OC2OC(CO)C(O)C(OC3(C(=O)O)CC(O)C(NC(C)=O)C(C(O)C(O)CO)O3)C2O)C(O)C1O)NC(=O)CCCCCCCCCCCCCCCCCCCCCCCCCCCC. The van der Waals surface area contributed by atoms with E-state index >= 15 is 0 Å². The first kappa shape index (κ1) is 89.7. The van der Waals surface area contributed by atoms with Gasteiger partial charge in [-0.05, 0) is 19.3 Å². The van der Waals surface area contributed by atoms with Crippen LogP contribution in [0.2, 0.25) is 0 Å². The minimum Gasteiger partial charge on any atom is -0.477 e. The second-order valence-electron chi connectivity index (χ2n) is 28.6. The van der Waals surface area contributed by atoms with Crippen LogP contribution >= 0.6 is 0 Å². The summed E-state index contributed by atoms with van der Waals surface area (Å²) < 4.78 is 34.9. The first-order valence-corrected chi connectivity index (χ1v) is 39.1. The highest BCUT2D eigenvalue weighted by Crippen LogP contribution is 2.39. The number of carboxylic acids is 1. The van der Waals surface area contributed by atoms with Crippen LogP contribution in [0, 0.1) is 0 Å². The van der Waals surface area contributed by atoms with Crippen molar-refractivity contribution in [1.29, 1.82) is 0 Å². The largest absolute Gasteiger partial charge is 0.477 e. The minimum atomic E-state index is -3.08. The van der Waals surface area contributed by atoms with Crippen LogP contribution in [0.1, 0.15) is 310 Å². The summed E-state index contributed by atoms with van der Waals surface area (Å²) in [6.45, 7) is 2.19. The normalized spacial score (nSPS) is 27.3. The zero-order chi connectivity index (χ0) is 71.8. The highest BCUT2D eigenvalue weighted by Gasteiger charge is 2.60. The quantitative estimate of drug-likeness (QED) is 0.0199. The Morgan fingerprint density at radius 1 is 0.531 bits per heavy atom. The first-order valence-electron chi connectivity index (χ1n) is 39.1. The number of aliphatic hydroxyl groups is 11. The average Bonchev–Trinajstić information content (AvgIpc) is 0.755. The van der Waals surface area contributed by atoms with Crippen LogP contribution in [0.25, 0.3) is 0 Å². The van der Waals surface area contributed by atoms with Crippen LogP contribution < -0.4 is 10.6 Å². The molecule has 576 valence electrons. The molecule has 98 heavy (non-hydrogen) atoms. The molecule has 3 saturated heterocycles. The van der Waals surface area contributed by atoms with Crippen molar-refractivity contribution in [1.82, 2.24) is 10.6 Å². The Hall–Kier alpha value is -2.53. The van der Waals surface area contributed by atoms with Crippen LogP contribution in [-0.2, 0) is 42.8 Å². The number of carbonyl (C=O) groups excluding carboxylic acids is 2. The molecule has 23 nitrogen and oxygen atoms in total. The number of aliphatic hydroxyl groups excluding tert-OH is 11. The van der Waals surface area contributed by atoms with E-state index < -0.39 is 155 Å². The van der Waals surface area contributed by atoms with Gasteiger partial charge in [0, 0.05) is 19.8 Å². The van der Waals surface area contributed by atoms with Gasteiger partial charge in [-0.1, -0.05) is 283 Å². The molecule has 18 atom stereocenters. The molecule has 23 heteroatoms. The summed E-state index contributed by atoms with van der Waals surface area (Å²) in [5, 5.41) is 136. The molecule has 2 amide bonds. The van der Waals surface area contributed by atoms with Gasteiger partial charge in [-0.25, -0.2) is 4.79 Å². The van der Waals surface area contributed by atoms with E-state index in [-0.39, 0.29) is 12.3 Å². The Labute approximate surface area is 588 Å². The lowest BCUT2D eigenvalue weighted by Crippen LogP contribution is -2.70. The van der Waals surface area contributed by atoms with Crippen LogP contribution in [0.5, 0.6) is 0 Å². The predicted octanol–water partition coefficient (Wildman–Crippen LogP) is 9.41. The number of aliphatic carboxylic acids is 1. The van der Waals surface area contributed by atoms with Gasteiger partial charge in [-0.15, -0.1) is 0 Å². The molecular formula is C75H140N2O21. The fraction of sp³-hybridized carbons (Fsp3) is 0.933. The third-order valence-corrected chi connectivity index (χ3v) is 20.0. The standard InChI is InChI=1S/C75H140N2O21/c1-4-6-8-10-12-14-16-18-20-22-24-25-26-27-28-29-30-31-33-35-37-39-41-43-45-47-49-62(85)77-56(57(82)48-46-44-42-40-38-36-34-32-23-21-19-17-15-13-11-9-7-5-2)54-93-72-67(89)66(88)69(61(53-80)95-72)96-73-68(90)71(65(87)60(52-79)94-73)98-75(74(91)92)50-58(83)63(76-55(3)81)70(97-75)64(86)59(84)51-78/h46,48,56-61,63-73,78-80,82-84,86-90H,4-45,47,49-54H2,1-3H3,(H,76,81)(H,77,85)(H,91,92)/b48-46+. The van der Waals surface area contributed by atoms with Gasteiger partial charge in [-0.2, -0.15) is 0 Å². The second kappa shape index (κ2) is 55.0. The molecule has 0 aromatic heterocycles. The average molecular weight is 1410 g/mol. The number of rotatable bonds is 61. The zero-order valence-corrected chi connectivity index (χ0v) is 60.7. The lowest BCUT2D eigenvalue weighted by molar-refractivity contribution is -0.386. The molecule has 0 saturated carbocycles. The van der Waals surface area contributed by atoms with Gasteiger partial charge in [0.2, 0.25) is 11.8 Å². The number of nitrogens with one attached hydrogen (secondary N) is 2. The molecule has 0 aromatic carbocycles. The Kier molecular flexibility index (Phi) is 50.4. The highest BCUT2D eigenvalue weighted by atomic mass is 16.8. The van der Waals surface area contributed by atoms with E-state index in [2.05, 4.69) is 24.5 Å². The summed E-state index contributed by atoms with van der Waals surface area (Å²) in [4.78, 5) is 38.6. The Bertz CT molecular complexity index is 2010. The van der Waals surface area contributed by atoms with Crippen molar-refractivity contribution in [3.05, 3.63) is 12.2 Å². The van der Waals surface area contributed by atoms with Crippen molar-refractivity contribution in [2.24, 2.45) is 0 Å². The maximum Gasteiger partial charge on any atom is 0.364 e. The molecule has 0 aliphatic carbocycles. The van der Waals surface area contributed by atoms with E-state index in [0.717, 1.165) is 51.9 Å². The van der Waals surface area contributed by atoms with Gasteiger partial charge in [-0.3, -0.25) is 9.59 Å². The van der Waals surface area contributed by atoms with Crippen molar-refractivity contribution in [3.8, 4) is 0 Å². The van der Waals surface area contributed by atoms with E-state index in [0.29, 0.717) is 12.8 Å². The van der Waals surface area contributed by atoms with Gasteiger partial charge in [0.1, 0.15) is 67.1 Å². The Balaban J connectivity index is 1.53. The van der Waals surface area contributed by atoms with Crippen LogP contribution in [0.4, 0.5) is 0 Å². The van der Waals surface area contributed by atoms with Crippen LogP contribution in [0.3, 0.4) is 0 Å². The topological polar surface area (TPSA) is 373 Å². The molecular weight excluding hydrogens is 1260 g/mol. The minimum absolute atomic E-state index is 0.206. The monoisotopic (exact) mass is 1400 g/mol. The number of hydrogen-bond donors (Lipinski definition) is 14. The molecule has 0 spiro atoms. The smallest absolute Gasteiger partial charge is 0.364 e. The Morgan fingerprint density at radius 2 is 0.949 bits per heavy atom. The third-order valence-electron chi connectivity index (χ3n) is 20.0. The van der Waals surface area contributed by atoms with E-state index in [9.17, 15) is 75.7 Å². The van der Waals surface area contributed by atoms with Crippen molar-refractivity contribution in [2.75, 3.05) is 26.4 Å². The summed E-state index contributed by atoms with van der Waals surface area (Å²) in [5.41, 5.74) is 0. The number of unbranched alkanes of at least 4 members (excludes halogenated alkanes) is 41. The summed E-state index contributed by atoms with van der Waals surface area (Å²) in [6, 6.07) is -2.61. The van der Waals surface area contributed by atoms with Gasteiger partial charge in [0.05, 0.1) is 50.7 Å².